The molecule has 1 aliphatic rings. The zero-order valence-electron chi connectivity index (χ0n) is 16.8. The lowest BCUT2D eigenvalue weighted by atomic mass is 10.1. The minimum absolute atomic E-state index is 0.0822. The lowest BCUT2D eigenvalue weighted by Crippen LogP contribution is -2.23. The maximum absolute atomic E-state index is 12.4. The number of carbonyl (C=O) groups excluding carboxylic acids is 3. The minimum Gasteiger partial charge on any atom is -0.478 e. The molecule has 3 amide bonds. The van der Waals surface area contributed by atoms with Crippen LogP contribution in [-0.4, -0.2) is 34.5 Å². The third-order valence-electron chi connectivity index (χ3n) is 4.77. The summed E-state index contributed by atoms with van der Waals surface area (Å²) < 4.78 is 0.928. The molecule has 0 fully saturated rings. The molecule has 4 rings (SSSR count). The number of halogens is 1. The maximum atomic E-state index is 12.4. The number of hydrazone groups is 1. The fraction of sp³-hybridized carbons (Fsp3) is 0. The van der Waals surface area contributed by atoms with Gasteiger partial charge in [0.05, 0.1) is 11.3 Å². The van der Waals surface area contributed by atoms with E-state index in [1.54, 1.807) is 24.3 Å². The highest BCUT2D eigenvalue weighted by molar-refractivity contribution is 14.1. The van der Waals surface area contributed by atoms with Crippen LogP contribution in [0, 0.1) is 3.57 Å². The first kappa shape index (κ1) is 22.1. The molecule has 10 heteroatoms. The summed E-state index contributed by atoms with van der Waals surface area (Å²) in [6.45, 7) is 0. The summed E-state index contributed by atoms with van der Waals surface area (Å²) in [5.41, 5.74) is 4.85. The van der Waals surface area contributed by atoms with Gasteiger partial charge in [0.2, 0.25) is 0 Å². The highest BCUT2D eigenvalue weighted by Gasteiger charge is 2.26. The van der Waals surface area contributed by atoms with E-state index in [1.807, 2.05) is 6.07 Å². The van der Waals surface area contributed by atoms with Gasteiger partial charge in [-0.2, -0.15) is 5.10 Å². The second-order valence-electron chi connectivity index (χ2n) is 6.96. The number of fused-ring (bicyclic) bond motifs is 1. The molecule has 0 saturated carbocycles. The van der Waals surface area contributed by atoms with Crippen LogP contribution in [-0.2, 0) is 4.79 Å². The van der Waals surface area contributed by atoms with Crippen molar-refractivity contribution in [3.05, 3.63) is 92.6 Å². The van der Waals surface area contributed by atoms with Crippen molar-refractivity contribution in [1.82, 2.24) is 5.43 Å². The van der Waals surface area contributed by atoms with E-state index in [0.717, 1.165) is 3.57 Å². The van der Waals surface area contributed by atoms with E-state index in [1.165, 1.54) is 36.4 Å². The Hall–Kier alpha value is -4.06. The molecule has 33 heavy (non-hydrogen) atoms. The zero-order chi connectivity index (χ0) is 23.5. The van der Waals surface area contributed by atoms with Gasteiger partial charge in [0.15, 0.2) is 5.71 Å². The van der Waals surface area contributed by atoms with Crippen molar-refractivity contribution in [1.29, 1.82) is 0 Å². The predicted octanol–water partition coefficient (Wildman–Crippen LogP) is 3.33. The lowest BCUT2D eigenvalue weighted by Gasteiger charge is -2.07. The number of benzene rings is 3. The van der Waals surface area contributed by atoms with Gasteiger partial charge in [-0.3, -0.25) is 14.4 Å². The van der Waals surface area contributed by atoms with Crippen molar-refractivity contribution < 1.29 is 24.3 Å². The van der Waals surface area contributed by atoms with Gasteiger partial charge in [-0.1, -0.05) is 0 Å². The number of aromatic carboxylic acids is 1. The van der Waals surface area contributed by atoms with Crippen molar-refractivity contribution >= 4 is 63.4 Å². The average molecular weight is 554 g/mol. The fourth-order valence-electron chi connectivity index (χ4n) is 3.08. The molecule has 0 atom stereocenters. The van der Waals surface area contributed by atoms with Gasteiger partial charge < -0.3 is 15.7 Å². The number of carboxylic acid groups (broad SMARTS) is 1. The van der Waals surface area contributed by atoms with Crippen molar-refractivity contribution in [2.24, 2.45) is 5.10 Å². The highest BCUT2D eigenvalue weighted by atomic mass is 127. The quantitative estimate of drug-likeness (QED) is 0.284. The second-order valence-corrected chi connectivity index (χ2v) is 8.20. The largest absolute Gasteiger partial charge is 0.478 e. The van der Waals surface area contributed by atoms with E-state index >= 15 is 0 Å². The molecule has 164 valence electrons. The number of hydrogen-bond donors (Lipinski definition) is 4. The predicted molar refractivity (Wildman–Crippen MR) is 130 cm³/mol. The number of amides is 3. The molecule has 0 unspecified atom stereocenters. The molecular formula is C23H15IN4O5. The Morgan fingerprint density at radius 1 is 0.848 bits per heavy atom. The first-order chi connectivity index (χ1) is 15.8. The molecule has 1 heterocycles. The van der Waals surface area contributed by atoms with Gasteiger partial charge in [-0.05, 0) is 89.3 Å². The molecular weight excluding hydrogens is 539 g/mol. The minimum atomic E-state index is -1.08. The number of anilines is 2. The Bertz CT molecular complexity index is 1320. The molecule has 9 nitrogen and oxygen atoms in total. The summed E-state index contributed by atoms with van der Waals surface area (Å²) in [5.74, 6) is -2.41. The average Bonchev–Trinajstić information content (AvgIpc) is 3.12. The number of carboxylic acids is 1. The number of carbonyl (C=O) groups is 4. The maximum Gasteiger partial charge on any atom is 0.335 e. The first-order valence-corrected chi connectivity index (χ1v) is 10.6. The van der Waals surface area contributed by atoms with E-state index in [4.69, 9.17) is 5.11 Å². The molecule has 0 radical (unpaired) electrons. The van der Waals surface area contributed by atoms with Crippen LogP contribution in [0.4, 0.5) is 11.4 Å². The molecule has 0 aromatic heterocycles. The molecule has 4 N–H and O–H groups in total. The SMILES string of the molecule is O=C1Nc2ccc(I)cc2/C1=N/NC(=O)c1ccc(NC(=O)c2ccc(C(=O)O)cc2)cc1. The molecule has 3 aromatic rings. The third-order valence-corrected chi connectivity index (χ3v) is 5.44. The normalized spacial score (nSPS) is 13.2. The summed E-state index contributed by atoms with van der Waals surface area (Å²) in [5, 5.41) is 18.3. The van der Waals surface area contributed by atoms with Gasteiger partial charge >= 0.3 is 5.97 Å². The van der Waals surface area contributed by atoms with Gasteiger partial charge in [-0.15, -0.1) is 0 Å². The van der Waals surface area contributed by atoms with Crippen LogP contribution >= 0.6 is 22.6 Å². The Morgan fingerprint density at radius 2 is 1.45 bits per heavy atom. The van der Waals surface area contributed by atoms with E-state index in [9.17, 15) is 19.2 Å². The van der Waals surface area contributed by atoms with Gasteiger partial charge in [0.1, 0.15) is 0 Å². The topological polar surface area (TPSA) is 137 Å². The Morgan fingerprint density at radius 3 is 2.12 bits per heavy atom. The lowest BCUT2D eigenvalue weighted by molar-refractivity contribution is -0.110. The number of nitrogens with one attached hydrogen (secondary N) is 3. The monoisotopic (exact) mass is 554 g/mol. The summed E-state index contributed by atoms with van der Waals surface area (Å²) in [6.07, 6.45) is 0. The zero-order valence-corrected chi connectivity index (χ0v) is 18.9. The molecule has 0 aliphatic carbocycles. The van der Waals surface area contributed by atoms with Crippen LogP contribution in [0.3, 0.4) is 0 Å². The van der Waals surface area contributed by atoms with Crippen LogP contribution in [0.25, 0.3) is 0 Å². The second kappa shape index (κ2) is 9.20. The van der Waals surface area contributed by atoms with Gasteiger partial charge in [0, 0.05) is 25.9 Å². The van der Waals surface area contributed by atoms with E-state index in [-0.39, 0.29) is 16.8 Å². The molecule has 1 aliphatic heterocycles. The van der Waals surface area contributed by atoms with Crippen molar-refractivity contribution in [2.45, 2.75) is 0 Å². The number of nitrogens with zero attached hydrogens (tertiary/aromatic N) is 1. The Labute approximate surface area is 201 Å². The van der Waals surface area contributed by atoms with Crippen LogP contribution in [0.5, 0.6) is 0 Å². The molecule has 3 aromatic carbocycles. The van der Waals surface area contributed by atoms with Crippen molar-refractivity contribution in [2.75, 3.05) is 10.6 Å². The van der Waals surface area contributed by atoms with Crippen molar-refractivity contribution in [3.63, 3.8) is 0 Å². The van der Waals surface area contributed by atoms with Crippen LogP contribution in [0.1, 0.15) is 36.6 Å². The number of rotatable bonds is 5. The van der Waals surface area contributed by atoms with E-state index < -0.39 is 23.7 Å². The summed E-state index contributed by atoms with van der Waals surface area (Å²) in [6, 6.07) is 17.0. The van der Waals surface area contributed by atoms with Crippen LogP contribution in [0.15, 0.2) is 71.8 Å². The van der Waals surface area contributed by atoms with Gasteiger partial charge in [-0.25, -0.2) is 10.2 Å². The standard InChI is InChI=1S/C23H15IN4O5/c24-15-7-10-18-17(11-15)19(22(31)26-18)27-28-21(30)13-5-8-16(9-6-13)25-20(29)12-1-3-14(4-2-12)23(32)33/h1-11H,(H,25,29)(H,28,30)(H,32,33)(H,26,27,31). The Kier molecular flexibility index (Phi) is 6.18. The van der Waals surface area contributed by atoms with Crippen LogP contribution in [0.2, 0.25) is 0 Å². The Balaban J connectivity index is 1.41. The molecule has 0 saturated heterocycles. The van der Waals surface area contributed by atoms with E-state index in [0.29, 0.717) is 22.5 Å². The molecule has 0 bridgehead atoms. The third kappa shape index (κ3) is 4.90. The summed E-state index contributed by atoms with van der Waals surface area (Å²) in [4.78, 5) is 47.8. The van der Waals surface area contributed by atoms with E-state index in [2.05, 4.69) is 43.8 Å². The van der Waals surface area contributed by atoms with Crippen LogP contribution < -0.4 is 16.1 Å². The summed E-state index contributed by atoms with van der Waals surface area (Å²) >= 11 is 2.13. The number of hydrogen-bond acceptors (Lipinski definition) is 5. The van der Waals surface area contributed by atoms with Crippen molar-refractivity contribution in [3.8, 4) is 0 Å². The fourth-order valence-corrected chi connectivity index (χ4v) is 3.57. The van der Waals surface area contributed by atoms with Gasteiger partial charge in [0.25, 0.3) is 17.7 Å². The summed E-state index contributed by atoms with van der Waals surface area (Å²) in [7, 11) is 0. The molecule has 0 spiro atoms. The highest BCUT2D eigenvalue weighted by Crippen LogP contribution is 2.25. The first-order valence-electron chi connectivity index (χ1n) is 9.56. The smallest absolute Gasteiger partial charge is 0.335 e.